The second-order valence-electron chi connectivity index (χ2n) is 6.52. The van der Waals surface area contributed by atoms with E-state index in [1.807, 2.05) is 12.3 Å². The molecule has 1 nitrogen and oxygen atoms in total. The average Bonchev–Trinajstić information content (AvgIpc) is 2.68. The topological polar surface area (TPSA) is 12.9 Å². The van der Waals surface area contributed by atoms with Gasteiger partial charge in [0.05, 0.1) is 5.69 Å². The van der Waals surface area contributed by atoms with Crippen molar-refractivity contribution < 1.29 is 0 Å². The van der Waals surface area contributed by atoms with Crippen LogP contribution in [0.1, 0.15) is 5.56 Å². The number of nitrogens with zero attached hydrogens (tertiary/aromatic N) is 1. The minimum absolute atomic E-state index is 1.02. The van der Waals surface area contributed by atoms with Crippen molar-refractivity contribution >= 4 is 32.3 Å². The predicted octanol–water partition coefficient (Wildman–Crippen LogP) is 6.52. The van der Waals surface area contributed by atoms with Crippen molar-refractivity contribution in [2.24, 2.45) is 0 Å². The Labute approximate surface area is 146 Å². The van der Waals surface area contributed by atoms with Crippen LogP contribution in [-0.2, 0) is 0 Å². The van der Waals surface area contributed by atoms with Crippen LogP contribution < -0.4 is 0 Å². The quantitative estimate of drug-likeness (QED) is 0.321. The molecule has 0 amide bonds. The van der Waals surface area contributed by atoms with Crippen LogP contribution in [0.25, 0.3) is 43.6 Å². The molecule has 0 spiro atoms. The SMILES string of the molecule is Cc1ccc(-c2ccccn2)c2c1ccc1ccc3ccccc3c12. The van der Waals surface area contributed by atoms with E-state index >= 15 is 0 Å². The molecule has 0 radical (unpaired) electrons. The van der Waals surface area contributed by atoms with Crippen LogP contribution in [0.15, 0.2) is 85.1 Å². The predicted molar refractivity (Wildman–Crippen MR) is 107 cm³/mol. The molecule has 0 bridgehead atoms. The van der Waals surface area contributed by atoms with Gasteiger partial charge in [-0.25, -0.2) is 0 Å². The Morgan fingerprint density at radius 3 is 2.28 bits per heavy atom. The second kappa shape index (κ2) is 5.42. The lowest BCUT2D eigenvalue weighted by Gasteiger charge is -2.14. The maximum Gasteiger partial charge on any atom is 0.0708 e. The van der Waals surface area contributed by atoms with Crippen molar-refractivity contribution in [2.45, 2.75) is 6.92 Å². The lowest BCUT2D eigenvalue weighted by Crippen LogP contribution is -1.89. The van der Waals surface area contributed by atoms with E-state index in [-0.39, 0.29) is 0 Å². The second-order valence-corrected chi connectivity index (χ2v) is 6.52. The third-order valence-electron chi connectivity index (χ3n) is 5.05. The largest absolute Gasteiger partial charge is 0.256 e. The van der Waals surface area contributed by atoms with Gasteiger partial charge in [-0.05, 0) is 56.9 Å². The molecule has 4 aromatic carbocycles. The lowest BCUT2D eigenvalue weighted by atomic mass is 9.90. The fourth-order valence-electron chi connectivity index (χ4n) is 3.82. The normalized spacial score (nSPS) is 11.4. The molecule has 0 saturated heterocycles. The van der Waals surface area contributed by atoms with E-state index in [0.29, 0.717) is 0 Å². The van der Waals surface area contributed by atoms with E-state index < -0.39 is 0 Å². The Morgan fingerprint density at radius 1 is 0.600 bits per heavy atom. The van der Waals surface area contributed by atoms with Gasteiger partial charge in [0.15, 0.2) is 0 Å². The van der Waals surface area contributed by atoms with Crippen LogP contribution in [0.4, 0.5) is 0 Å². The molecule has 118 valence electrons. The summed E-state index contributed by atoms with van der Waals surface area (Å²) in [6.45, 7) is 2.18. The molecule has 0 unspecified atom stereocenters. The van der Waals surface area contributed by atoms with Gasteiger partial charge in [-0.15, -0.1) is 0 Å². The van der Waals surface area contributed by atoms with Crippen LogP contribution in [0.2, 0.25) is 0 Å². The maximum atomic E-state index is 4.62. The van der Waals surface area contributed by atoms with Crippen molar-refractivity contribution in [1.29, 1.82) is 0 Å². The standard InChI is InChI=1S/C24H17N/c1-16-9-13-21(22-8-4-5-15-25-22)24-19(16)14-12-18-11-10-17-6-2-3-7-20(17)23(18)24/h2-15H,1H3. The van der Waals surface area contributed by atoms with Crippen LogP contribution in [0.5, 0.6) is 0 Å². The number of benzene rings is 4. The van der Waals surface area contributed by atoms with Crippen molar-refractivity contribution in [2.75, 3.05) is 0 Å². The van der Waals surface area contributed by atoms with Gasteiger partial charge in [-0.3, -0.25) is 4.98 Å². The zero-order valence-corrected chi connectivity index (χ0v) is 14.0. The van der Waals surface area contributed by atoms with Gasteiger partial charge in [0.1, 0.15) is 0 Å². The summed E-state index contributed by atoms with van der Waals surface area (Å²) in [5.41, 5.74) is 3.51. The number of aryl methyl sites for hydroxylation is 1. The van der Waals surface area contributed by atoms with Gasteiger partial charge in [-0.2, -0.15) is 0 Å². The summed E-state index contributed by atoms with van der Waals surface area (Å²) in [6.07, 6.45) is 1.87. The molecule has 25 heavy (non-hydrogen) atoms. The van der Waals surface area contributed by atoms with E-state index in [9.17, 15) is 0 Å². The Bertz CT molecular complexity index is 1240. The summed E-state index contributed by atoms with van der Waals surface area (Å²) >= 11 is 0. The van der Waals surface area contributed by atoms with Crippen molar-refractivity contribution in [3.05, 3.63) is 90.6 Å². The molecular weight excluding hydrogens is 302 g/mol. The van der Waals surface area contributed by atoms with Crippen LogP contribution in [0.3, 0.4) is 0 Å². The average molecular weight is 319 g/mol. The van der Waals surface area contributed by atoms with Crippen molar-refractivity contribution in [3.63, 3.8) is 0 Å². The highest BCUT2D eigenvalue weighted by atomic mass is 14.7. The van der Waals surface area contributed by atoms with Gasteiger partial charge < -0.3 is 0 Å². The summed E-state index contributed by atoms with van der Waals surface area (Å²) in [5.74, 6) is 0. The fraction of sp³-hybridized carbons (Fsp3) is 0.0417. The first-order valence-corrected chi connectivity index (χ1v) is 8.58. The van der Waals surface area contributed by atoms with Crippen molar-refractivity contribution in [3.8, 4) is 11.3 Å². The highest BCUT2D eigenvalue weighted by Crippen LogP contribution is 2.38. The van der Waals surface area contributed by atoms with Gasteiger partial charge >= 0.3 is 0 Å². The first-order valence-electron chi connectivity index (χ1n) is 8.58. The summed E-state index contributed by atoms with van der Waals surface area (Å²) in [7, 11) is 0. The molecule has 0 aliphatic rings. The zero-order valence-electron chi connectivity index (χ0n) is 14.0. The number of rotatable bonds is 1. The Morgan fingerprint density at radius 2 is 1.40 bits per heavy atom. The van der Waals surface area contributed by atoms with Crippen LogP contribution in [0, 0.1) is 6.92 Å². The highest BCUT2D eigenvalue weighted by molar-refractivity contribution is 6.24. The Hall–Kier alpha value is -3.19. The third-order valence-corrected chi connectivity index (χ3v) is 5.05. The first-order chi connectivity index (χ1) is 12.3. The number of hydrogen-bond acceptors (Lipinski definition) is 1. The van der Waals surface area contributed by atoms with E-state index in [1.54, 1.807) is 0 Å². The molecule has 0 aliphatic heterocycles. The number of pyridine rings is 1. The summed E-state index contributed by atoms with van der Waals surface area (Å²) in [5, 5.41) is 7.76. The van der Waals surface area contributed by atoms with Gasteiger partial charge in [-0.1, -0.05) is 66.7 Å². The molecule has 5 rings (SSSR count). The molecule has 0 atom stereocenters. The molecule has 0 fully saturated rings. The smallest absolute Gasteiger partial charge is 0.0708 e. The highest BCUT2D eigenvalue weighted by Gasteiger charge is 2.12. The number of fused-ring (bicyclic) bond motifs is 5. The monoisotopic (exact) mass is 319 g/mol. The minimum Gasteiger partial charge on any atom is -0.256 e. The zero-order chi connectivity index (χ0) is 16.8. The molecule has 1 aromatic heterocycles. The number of hydrogen-bond donors (Lipinski definition) is 0. The van der Waals surface area contributed by atoms with E-state index in [1.165, 1.54) is 43.4 Å². The van der Waals surface area contributed by atoms with Gasteiger partial charge in [0.25, 0.3) is 0 Å². The third kappa shape index (κ3) is 2.13. The Kier molecular flexibility index (Phi) is 3.07. The maximum absolute atomic E-state index is 4.62. The summed E-state index contributed by atoms with van der Waals surface area (Å²) < 4.78 is 0. The Balaban J connectivity index is 2.08. The first kappa shape index (κ1) is 14.2. The van der Waals surface area contributed by atoms with Gasteiger partial charge in [0.2, 0.25) is 0 Å². The van der Waals surface area contributed by atoms with E-state index in [4.69, 9.17) is 0 Å². The van der Waals surface area contributed by atoms with Crippen LogP contribution >= 0.6 is 0 Å². The van der Waals surface area contributed by atoms with E-state index in [0.717, 1.165) is 5.69 Å². The summed E-state index contributed by atoms with van der Waals surface area (Å²) in [4.78, 5) is 4.62. The van der Waals surface area contributed by atoms with E-state index in [2.05, 4.69) is 84.7 Å². The molecular formula is C24H17N. The minimum atomic E-state index is 1.02. The fourth-order valence-corrected chi connectivity index (χ4v) is 3.82. The van der Waals surface area contributed by atoms with Crippen LogP contribution in [-0.4, -0.2) is 4.98 Å². The molecule has 0 N–H and O–H groups in total. The summed E-state index contributed by atoms with van der Waals surface area (Å²) in [6, 6.07) is 28.1. The molecule has 0 aliphatic carbocycles. The number of aromatic nitrogens is 1. The van der Waals surface area contributed by atoms with Crippen molar-refractivity contribution in [1.82, 2.24) is 4.98 Å². The van der Waals surface area contributed by atoms with Gasteiger partial charge in [0, 0.05) is 11.8 Å². The lowest BCUT2D eigenvalue weighted by molar-refractivity contribution is 1.33. The molecule has 5 aromatic rings. The molecule has 0 saturated carbocycles. The molecule has 1 heterocycles. The molecule has 1 heteroatoms.